The molecular formula is C20H20F3N3O2S. The number of hydrogen-bond acceptors (Lipinski definition) is 4. The van der Waals surface area contributed by atoms with Gasteiger partial charge in [0.05, 0.1) is 10.9 Å². The minimum atomic E-state index is -4.41. The molecule has 2 unspecified atom stereocenters. The zero-order chi connectivity index (χ0) is 20.8. The van der Waals surface area contributed by atoms with E-state index in [2.05, 4.69) is 37.9 Å². The number of benzene rings is 1. The number of aromatic nitrogens is 2. The number of alkyl halides is 3. The number of carbonyl (C=O) groups excluding carboxylic acids is 1. The Morgan fingerprint density at radius 2 is 2.17 bits per heavy atom. The van der Waals surface area contributed by atoms with Gasteiger partial charge in [0, 0.05) is 36.3 Å². The van der Waals surface area contributed by atoms with Gasteiger partial charge in [0.25, 0.3) is 5.19 Å². The summed E-state index contributed by atoms with van der Waals surface area (Å²) in [6.45, 7) is 0.406. The Morgan fingerprint density at radius 3 is 2.93 bits per heavy atom. The SMILES string of the molecule is C[C@@H](NC(=O)C1CC1c1cn(C)c2ccccc12)c1cnc(OCC(F)(F)F)s1. The quantitative estimate of drug-likeness (QED) is 0.633. The molecule has 3 atom stereocenters. The number of nitrogens with one attached hydrogen (secondary N) is 1. The lowest BCUT2D eigenvalue weighted by Crippen LogP contribution is -2.27. The number of amides is 1. The maximum absolute atomic E-state index is 12.7. The molecule has 2 heterocycles. The summed E-state index contributed by atoms with van der Waals surface area (Å²) in [5.74, 6) is 0.0270. The van der Waals surface area contributed by atoms with Crippen molar-refractivity contribution < 1.29 is 22.7 Å². The number of fused-ring (bicyclic) bond motifs is 1. The third-order valence-electron chi connectivity index (χ3n) is 5.10. The van der Waals surface area contributed by atoms with Crippen molar-refractivity contribution in [1.29, 1.82) is 0 Å². The molecule has 9 heteroatoms. The number of ether oxygens (including phenoxy) is 1. The maximum Gasteiger partial charge on any atom is 0.422 e. The summed E-state index contributed by atoms with van der Waals surface area (Å²) in [5, 5.41) is 4.05. The van der Waals surface area contributed by atoms with Gasteiger partial charge in [-0.1, -0.05) is 29.5 Å². The van der Waals surface area contributed by atoms with Crippen LogP contribution in [-0.2, 0) is 11.8 Å². The number of rotatable bonds is 6. The van der Waals surface area contributed by atoms with Crippen molar-refractivity contribution in [2.24, 2.45) is 13.0 Å². The first-order valence-electron chi connectivity index (χ1n) is 9.22. The average molecular weight is 423 g/mol. The van der Waals surface area contributed by atoms with E-state index in [9.17, 15) is 18.0 Å². The Morgan fingerprint density at radius 1 is 1.41 bits per heavy atom. The second-order valence-electron chi connectivity index (χ2n) is 7.32. The van der Waals surface area contributed by atoms with Gasteiger partial charge in [-0.2, -0.15) is 13.2 Å². The first-order valence-corrected chi connectivity index (χ1v) is 10.0. The van der Waals surface area contributed by atoms with Crippen molar-refractivity contribution in [2.75, 3.05) is 6.61 Å². The van der Waals surface area contributed by atoms with Gasteiger partial charge < -0.3 is 14.6 Å². The van der Waals surface area contributed by atoms with Crippen LogP contribution in [-0.4, -0.2) is 28.2 Å². The second-order valence-corrected chi connectivity index (χ2v) is 8.35. The summed E-state index contributed by atoms with van der Waals surface area (Å²) in [4.78, 5) is 17.2. The third kappa shape index (κ3) is 4.24. The number of thiazole rings is 1. The van der Waals surface area contributed by atoms with Crippen LogP contribution in [0.3, 0.4) is 0 Å². The summed E-state index contributed by atoms with van der Waals surface area (Å²) in [6, 6.07) is 7.76. The van der Waals surface area contributed by atoms with Crippen LogP contribution in [0.4, 0.5) is 13.2 Å². The molecule has 2 aromatic heterocycles. The van der Waals surface area contributed by atoms with Crippen LogP contribution in [0.5, 0.6) is 5.19 Å². The van der Waals surface area contributed by atoms with E-state index in [1.165, 1.54) is 11.8 Å². The van der Waals surface area contributed by atoms with Crippen molar-refractivity contribution >= 4 is 28.1 Å². The maximum atomic E-state index is 12.7. The molecule has 1 aliphatic carbocycles. The van der Waals surface area contributed by atoms with Gasteiger partial charge in [0.1, 0.15) is 0 Å². The fraction of sp³-hybridized carbons (Fsp3) is 0.400. The largest absolute Gasteiger partial charge is 0.460 e. The number of para-hydroxylation sites is 1. The van der Waals surface area contributed by atoms with Gasteiger partial charge in [0.15, 0.2) is 6.61 Å². The predicted molar refractivity (Wildman–Crippen MR) is 104 cm³/mol. The Hall–Kier alpha value is -2.55. The molecule has 5 nitrogen and oxygen atoms in total. The number of nitrogens with zero attached hydrogens (tertiary/aromatic N) is 2. The van der Waals surface area contributed by atoms with E-state index in [1.54, 1.807) is 6.92 Å². The Kier molecular flexibility index (Phi) is 5.02. The normalized spacial score (nSPS) is 19.9. The number of hydrogen-bond donors (Lipinski definition) is 1. The number of aryl methyl sites for hydroxylation is 1. The highest BCUT2D eigenvalue weighted by atomic mass is 32.1. The molecule has 1 N–H and O–H groups in total. The highest BCUT2D eigenvalue weighted by molar-refractivity contribution is 7.13. The molecule has 1 amide bonds. The Balaban J connectivity index is 1.37. The average Bonchev–Trinajstić information content (AvgIpc) is 3.19. The fourth-order valence-corrected chi connectivity index (χ4v) is 4.33. The van der Waals surface area contributed by atoms with Gasteiger partial charge in [0.2, 0.25) is 5.91 Å². The zero-order valence-electron chi connectivity index (χ0n) is 15.9. The van der Waals surface area contributed by atoms with E-state index in [1.807, 2.05) is 19.2 Å². The second kappa shape index (κ2) is 7.37. The molecule has 0 bridgehead atoms. The standard InChI is InChI=1S/C20H20F3N3O2S/c1-11(17-8-24-19(29-17)28-10-20(21,22)23)25-18(27)14-7-13(14)15-9-26(2)16-6-4-3-5-12(15)16/h3-6,8-9,11,13-14H,7,10H2,1-2H3,(H,25,27)/t11-,13?,14?/m1/s1. The monoisotopic (exact) mass is 423 g/mol. The highest BCUT2D eigenvalue weighted by Crippen LogP contribution is 2.50. The smallest absolute Gasteiger partial charge is 0.422 e. The van der Waals surface area contributed by atoms with Gasteiger partial charge >= 0.3 is 6.18 Å². The summed E-state index contributed by atoms with van der Waals surface area (Å²) < 4.78 is 43.5. The first kappa shape index (κ1) is 19.8. The molecule has 1 aliphatic rings. The molecule has 0 aliphatic heterocycles. The number of carbonyl (C=O) groups is 1. The van der Waals surface area contributed by atoms with Gasteiger partial charge in [-0.25, -0.2) is 4.98 Å². The van der Waals surface area contributed by atoms with E-state index in [0.717, 1.165) is 28.7 Å². The molecule has 154 valence electrons. The van der Waals surface area contributed by atoms with Gasteiger partial charge in [-0.05, 0) is 30.9 Å². The van der Waals surface area contributed by atoms with Crippen LogP contribution in [0.2, 0.25) is 0 Å². The molecule has 0 spiro atoms. The van der Waals surface area contributed by atoms with E-state index in [4.69, 9.17) is 0 Å². The summed E-state index contributed by atoms with van der Waals surface area (Å²) >= 11 is 1.01. The van der Waals surface area contributed by atoms with Crippen LogP contribution in [0.1, 0.15) is 35.7 Å². The molecule has 1 aromatic carbocycles. The summed E-state index contributed by atoms with van der Waals surface area (Å²) in [6.07, 6.45) is -0.0979. The molecule has 1 saturated carbocycles. The minimum Gasteiger partial charge on any atom is -0.460 e. The van der Waals surface area contributed by atoms with Gasteiger partial charge in [-0.3, -0.25) is 4.79 Å². The van der Waals surface area contributed by atoms with Gasteiger partial charge in [-0.15, -0.1) is 0 Å². The topological polar surface area (TPSA) is 56.2 Å². The van der Waals surface area contributed by atoms with Crippen molar-refractivity contribution in [3.63, 3.8) is 0 Å². The summed E-state index contributed by atoms with van der Waals surface area (Å²) in [7, 11) is 1.99. The van der Waals surface area contributed by atoms with Crippen LogP contribution in [0.25, 0.3) is 10.9 Å². The van der Waals surface area contributed by atoms with E-state index in [-0.39, 0.29) is 29.0 Å². The summed E-state index contributed by atoms with van der Waals surface area (Å²) in [5.41, 5.74) is 2.31. The molecule has 3 aromatic rings. The lowest BCUT2D eigenvalue weighted by Gasteiger charge is -2.11. The first-order chi connectivity index (χ1) is 13.7. The fourth-order valence-electron chi connectivity index (χ4n) is 3.57. The Labute approximate surface area is 169 Å². The van der Waals surface area contributed by atoms with Crippen molar-refractivity contribution in [3.8, 4) is 5.19 Å². The third-order valence-corrected chi connectivity index (χ3v) is 6.19. The van der Waals surface area contributed by atoms with Crippen molar-refractivity contribution in [2.45, 2.75) is 31.5 Å². The van der Waals surface area contributed by atoms with Crippen LogP contribution in [0.15, 0.2) is 36.7 Å². The van der Waals surface area contributed by atoms with Crippen molar-refractivity contribution in [1.82, 2.24) is 14.9 Å². The van der Waals surface area contributed by atoms with Crippen LogP contribution in [0, 0.1) is 5.92 Å². The molecule has 29 heavy (non-hydrogen) atoms. The van der Waals surface area contributed by atoms with E-state index >= 15 is 0 Å². The predicted octanol–water partition coefficient (Wildman–Crippen LogP) is 4.56. The molecule has 0 saturated heterocycles. The Bertz CT molecular complexity index is 1040. The molecule has 0 radical (unpaired) electrons. The zero-order valence-corrected chi connectivity index (χ0v) is 16.7. The number of halogens is 3. The minimum absolute atomic E-state index is 0.0541. The highest BCUT2D eigenvalue weighted by Gasteiger charge is 2.45. The van der Waals surface area contributed by atoms with Crippen molar-refractivity contribution in [3.05, 3.63) is 47.1 Å². The molecular weight excluding hydrogens is 403 g/mol. The van der Waals surface area contributed by atoms with E-state index in [0.29, 0.717) is 4.88 Å². The lowest BCUT2D eigenvalue weighted by molar-refractivity contribution is -0.153. The molecule has 4 rings (SSSR count). The molecule has 1 fully saturated rings. The van der Waals surface area contributed by atoms with E-state index < -0.39 is 12.8 Å². The van der Waals surface area contributed by atoms with Crippen LogP contribution < -0.4 is 10.1 Å². The van der Waals surface area contributed by atoms with Crippen LogP contribution >= 0.6 is 11.3 Å². The lowest BCUT2D eigenvalue weighted by atomic mass is 10.1.